The summed E-state index contributed by atoms with van der Waals surface area (Å²) in [6.45, 7) is 5.82. The highest BCUT2D eigenvalue weighted by molar-refractivity contribution is 14.1. The maximum atomic E-state index is 12.0. The Morgan fingerprint density at radius 3 is 2.63 bits per heavy atom. The molecule has 0 aliphatic carbocycles. The van der Waals surface area contributed by atoms with Crippen LogP contribution in [0.15, 0.2) is 42.7 Å². The first-order valence-corrected chi connectivity index (χ1v) is 10.2. The first-order chi connectivity index (χ1) is 14.1. The van der Waals surface area contributed by atoms with Crippen LogP contribution in [0.2, 0.25) is 0 Å². The highest BCUT2D eigenvalue weighted by Gasteiger charge is 2.17. The van der Waals surface area contributed by atoms with Gasteiger partial charge in [0.05, 0.1) is 11.1 Å². The molecule has 0 unspecified atom stereocenters. The van der Waals surface area contributed by atoms with Crippen LogP contribution in [-0.2, 0) is 11.3 Å². The Morgan fingerprint density at radius 2 is 1.93 bits per heavy atom. The van der Waals surface area contributed by atoms with Crippen LogP contribution in [0.25, 0.3) is 10.9 Å². The van der Waals surface area contributed by atoms with Crippen molar-refractivity contribution in [3.63, 3.8) is 0 Å². The van der Waals surface area contributed by atoms with Gasteiger partial charge in [-0.15, -0.1) is 0 Å². The summed E-state index contributed by atoms with van der Waals surface area (Å²) in [6.07, 6.45) is 0.815. The second-order valence-corrected chi connectivity index (χ2v) is 8.80. The molecule has 156 valence electrons. The molecule has 0 fully saturated rings. The number of carboxylic acids is 1. The molecule has 3 rings (SSSR count). The van der Waals surface area contributed by atoms with Gasteiger partial charge in [0.2, 0.25) is 0 Å². The zero-order valence-electron chi connectivity index (χ0n) is 16.7. The lowest BCUT2D eigenvalue weighted by molar-refractivity contribution is 0.0634. The molecule has 30 heavy (non-hydrogen) atoms. The van der Waals surface area contributed by atoms with E-state index in [4.69, 9.17) is 4.74 Å². The van der Waals surface area contributed by atoms with Crippen LogP contribution in [0.1, 0.15) is 36.7 Å². The van der Waals surface area contributed by atoms with Gasteiger partial charge in [-0.05, 0) is 73.2 Å². The molecule has 0 bridgehead atoms. The number of nitrogens with one attached hydrogen (secondary N) is 2. The summed E-state index contributed by atoms with van der Waals surface area (Å²) >= 11 is 2.07. The molecule has 0 saturated heterocycles. The molecule has 0 aliphatic rings. The standard InChI is InChI=1S/C21H21IN4O4/c1-21(2,3)30-20(29)26-14-6-4-5-12(7-14)10-23-18-15-8-13(22)9-16(19(27)28)17(15)24-11-25-18/h4-9,11H,10H2,1-3H3,(H,26,29)(H,27,28)(H,23,24,25). The summed E-state index contributed by atoms with van der Waals surface area (Å²) in [6, 6.07) is 10.7. The van der Waals surface area contributed by atoms with Gasteiger partial charge in [0.25, 0.3) is 0 Å². The summed E-state index contributed by atoms with van der Waals surface area (Å²) in [5.41, 5.74) is 1.44. The van der Waals surface area contributed by atoms with E-state index in [0.29, 0.717) is 29.0 Å². The van der Waals surface area contributed by atoms with Crippen molar-refractivity contribution >= 4 is 57.1 Å². The van der Waals surface area contributed by atoms with E-state index >= 15 is 0 Å². The van der Waals surface area contributed by atoms with Gasteiger partial charge in [0.1, 0.15) is 17.7 Å². The van der Waals surface area contributed by atoms with Gasteiger partial charge in [-0.3, -0.25) is 5.32 Å². The van der Waals surface area contributed by atoms with Gasteiger partial charge in [-0.1, -0.05) is 12.1 Å². The molecule has 0 spiro atoms. The van der Waals surface area contributed by atoms with E-state index in [1.807, 2.05) is 24.3 Å². The molecule has 1 heterocycles. The minimum atomic E-state index is -1.04. The van der Waals surface area contributed by atoms with Crippen molar-refractivity contribution in [2.45, 2.75) is 32.9 Å². The Bertz CT molecular complexity index is 1110. The summed E-state index contributed by atoms with van der Waals surface area (Å²) < 4.78 is 6.05. The van der Waals surface area contributed by atoms with Gasteiger partial charge in [0.15, 0.2) is 0 Å². The predicted octanol–water partition coefficient (Wildman–Crippen LogP) is 4.89. The molecule has 1 amide bonds. The lowest BCUT2D eigenvalue weighted by atomic mass is 10.1. The Balaban J connectivity index is 1.79. The van der Waals surface area contributed by atoms with Crippen molar-refractivity contribution in [2.24, 2.45) is 0 Å². The monoisotopic (exact) mass is 520 g/mol. The van der Waals surface area contributed by atoms with E-state index in [1.165, 1.54) is 6.33 Å². The number of anilines is 2. The van der Waals surface area contributed by atoms with Crippen LogP contribution in [0.3, 0.4) is 0 Å². The number of hydrogen-bond acceptors (Lipinski definition) is 6. The van der Waals surface area contributed by atoms with Gasteiger partial charge in [0, 0.05) is 21.2 Å². The molecule has 2 aromatic carbocycles. The fourth-order valence-corrected chi connectivity index (χ4v) is 3.43. The fraction of sp³-hybridized carbons (Fsp3) is 0.238. The van der Waals surface area contributed by atoms with Gasteiger partial charge in [-0.2, -0.15) is 0 Å². The minimum Gasteiger partial charge on any atom is -0.478 e. The molecule has 9 heteroatoms. The smallest absolute Gasteiger partial charge is 0.412 e. The number of carbonyl (C=O) groups excluding carboxylic acids is 1. The molecular weight excluding hydrogens is 499 g/mol. The molecule has 3 N–H and O–H groups in total. The number of rotatable bonds is 5. The largest absolute Gasteiger partial charge is 0.478 e. The average molecular weight is 520 g/mol. The SMILES string of the molecule is CC(C)(C)OC(=O)Nc1cccc(CNc2ncnc3c(C(=O)O)cc(I)cc23)c1. The predicted molar refractivity (Wildman–Crippen MR) is 123 cm³/mol. The second-order valence-electron chi connectivity index (χ2n) is 7.56. The van der Waals surface area contributed by atoms with E-state index in [1.54, 1.807) is 32.9 Å². The van der Waals surface area contributed by atoms with Crippen molar-refractivity contribution in [2.75, 3.05) is 10.6 Å². The molecule has 0 radical (unpaired) electrons. The lowest BCUT2D eigenvalue weighted by Gasteiger charge is -2.19. The Kier molecular flexibility index (Phi) is 6.40. The number of fused-ring (bicyclic) bond motifs is 1. The van der Waals surface area contributed by atoms with E-state index < -0.39 is 17.7 Å². The Labute approximate surface area is 187 Å². The van der Waals surface area contributed by atoms with Gasteiger partial charge >= 0.3 is 12.1 Å². The highest BCUT2D eigenvalue weighted by atomic mass is 127. The topological polar surface area (TPSA) is 113 Å². The van der Waals surface area contributed by atoms with Crippen molar-refractivity contribution in [1.29, 1.82) is 0 Å². The third-order valence-corrected chi connectivity index (χ3v) is 4.59. The van der Waals surface area contributed by atoms with Gasteiger partial charge < -0.3 is 15.2 Å². The second kappa shape index (κ2) is 8.82. The third-order valence-electron chi connectivity index (χ3n) is 3.97. The zero-order chi connectivity index (χ0) is 21.9. The normalized spacial score (nSPS) is 11.2. The number of carboxylic acid groups (broad SMARTS) is 1. The number of aromatic carboxylic acids is 1. The van der Waals surface area contributed by atoms with Crippen LogP contribution >= 0.6 is 22.6 Å². The molecule has 3 aromatic rings. The Hall–Kier alpha value is -2.95. The van der Waals surface area contributed by atoms with Gasteiger partial charge in [-0.25, -0.2) is 19.6 Å². The van der Waals surface area contributed by atoms with E-state index in [9.17, 15) is 14.7 Å². The van der Waals surface area contributed by atoms with Crippen LogP contribution in [-0.4, -0.2) is 32.7 Å². The number of hydrogen-bond donors (Lipinski definition) is 3. The number of amides is 1. The number of benzene rings is 2. The number of aromatic nitrogens is 2. The number of ether oxygens (including phenoxy) is 1. The summed E-state index contributed by atoms with van der Waals surface area (Å²) in [7, 11) is 0. The maximum Gasteiger partial charge on any atom is 0.412 e. The van der Waals surface area contributed by atoms with Crippen LogP contribution in [0, 0.1) is 3.57 Å². The summed E-state index contributed by atoms with van der Waals surface area (Å²) in [4.78, 5) is 31.9. The van der Waals surface area contributed by atoms with Crippen molar-refractivity contribution < 1.29 is 19.4 Å². The van der Waals surface area contributed by atoms with Crippen molar-refractivity contribution in [3.05, 3.63) is 57.4 Å². The van der Waals surface area contributed by atoms with E-state index in [0.717, 1.165) is 9.13 Å². The highest BCUT2D eigenvalue weighted by Crippen LogP contribution is 2.26. The average Bonchev–Trinajstić information content (AvgIpc) is 2.64. The first kappa shape index (κ1) is 21.8. The van der Waals surface area contributed by atoms with Crippen LogP contribution in [0.4, 0.5) is 16.3 Å². The van der Waals surface area contributed by atoms with Crippen LogP contribution in [0.5, 0.6) is 0 Å². The van der Waals surface area contributed by atoms with Crippen molar-refractivity contribution in [1.82, 2.24) is 9.97 Å². The summed E-state index contributed by atoms with van der Waals surface area (Å²) in [5.74, 6) is -0.504. The fourth-order valence-electron chi connectivity index (χ4n) is 2.80. The molecule has 0 saturated carbocycles. The first-order valence-electron chi connectivity index (χ1n) is 9.13. The molecular formula is C21H21IN4O4. The maximum absolute atomic E-state index is 12.0. The molecule has 0 aliphatic heterocycles. The quantitative estimate of drug-likeness (QED) is 0.411. The van der Waals surface area contributed by atoms with E-state index in [2.05, 4.69) is 43.2 Å². The zero-order valence-corrected chi connectivity index (χ0v) is 18.9. The number of nitrogens with zero attached hydrogens (tertiary/aromatic N) is 2. The molecule has 8 nitrogen and oxygen atoms in total. The minimum absolute atomic E-state index is 0.130. The Morgan fingerprint density at radius 1 is 1.17 bits per heavy atom. The summed E-state index contributed by atoms with van der Waals surface area (Å²) in [5, 5.41) is 16.0. The van der Waals surface area contributed by atoms with E-state index in [-0.39, 0.29) is 5.56 Å². The molecule has 0 atom stereocenters. The molecule has 1 aromatic heterocycles. The van der Waals surface area contributed by atoms with Crippen molar-refractivity contribution in [3.8, 4) is 0 Å². The lowest BCUT2D eigenvalue weighted by Crippen LogP contribution is -2.27. The number of halogens is 1. The third kappa shape index (κ3) is 5.56. The number of carbonyl (C=O) groups is 2. The van der Waals surface area contributed by atoms with Crippen LogP contribution < -0.4 is 10.6 Å².